The van der Waals surface area contributed by atoms with E-state index in [9.17, 15) is 4.79 Å². The fraction of sp³-hybridized carbons (Fsp3) is 0.300. The number of carbonyl (C=O) groups is 1. The smallest absolute Gasteiger partial charge is 0.237 e. The van der Waals surface area contributed by atoms with Gasteiger partial charge in [-0.2, -0.15) is 0 Å². The van der Waals surface area contributed by atoms with Crippen molar-refractivity contribution in [2.24, 2.45) is 0 Å². The van der Waals surface area contributed by atoms with E-state index < -0.39 is 0 Å². The second kappa shape index (κ2) is 9.21. The highest BCUT2D eigenvalue weighted by molar-refractivity contribution is 8.00. The number of aryl methyl sites for hydroxylation is 1. The van der Waals surface area contributed by atoms with Crippen LogP contribution in [0.25, 0.3) is 11.4 Å². The van der Waals surface area contributed by atoms with Gasteiger partial charge in [-0.25, -0.2) is 4.98 Å². The van der Waals surface area contributed by atoms with Crippen molar-refractivity contribution in [2.75, 3.05) is 5.32 Å². The molecule has 1 atom stereocenters. The van der Waals surface area contributed by atoms with Gasteiger partial charge < -0.3 is 9.88 Å². The van der Waals surface area contributed by atoms with E-state index in [0.29, 0.717) is 5.69 Å². The number of nitrogens with one attached hydrogen (secondary N) is 1. The largest absolute Gasteiger partial charge is 0.322 e. The van der Waals surface area contributed by atoms with Gasteiger partial charge in [-0.3, -0.25) is 4.79 Å². The number of anilines is 1. The van der Waals surface area contributed by atoms with Crippen molar-refractivity contribution in [1.82, 2.24) is 19.7 Å². The molecule has 1 N–H and O–H groups in total. The van der Waals surface area contributed by atoms with Crippen LogP contribution < -0.4 is 5.32 Å². The average molecular weight is 416 g/mol. The van der Waals surface area contributed by atoms with Crippen molar-refractivity contribution < 1.29 is 4.79 Å². The first-order valence-electron chi connectivity index (χ1n) is 9.08. The molecule has 0 bridgehead atoms. The quantitative estimate of drug-likeness (QED) is 0.442. The van der Waals surface area contributed by atoms with Gasteiger partial charge in [0.25, 0.3) is 0 Å². The lowest BCUT2D eigenvalue weighted by atomic mass is 10.1. The van der Waals surface area contributed by atoms with Crippen LogP contribution in [0.1, 0.15) is 25.8 Å². The number of rotatable bonds is 7. The molecule has 0 radical (unpaired) electrons. The van der Waals surface area contributed by atoms with Crippen LogP contribution in [-0.4, -0.2) is 30.9 Å². The third-order valence-electron chi connectivity index (χ3n) is 4.11. The first kappa shape index (κ1) is 20.4. The average Bonchev–Trinajstić information content (AvgIpc) is 3.06. The number of hydrogen-bond donors (Lipinski definition) is 1. The van der Waals surface area contributed by atoms with Gasteiger partial charge in [0.2, 0.25) is 5.91 Å². The number of nitrogens with zero attached hydrogens (tertiary/aromatic N) is 4. The maximum Gasteiger partial charge on any atom is 0.237 e. The van der Waals surface area contributed by atoms with Crippen LogP contribution in [0, 0.1) is 6.92 Å². The molecule has 2 heterocycles. The van der Waals surface area contributed by atoms with Crippen LogP contribution in [0.15, 0.2) is 47.8 Å². The molecular formula is C20H22ClN5OS. The summed E-state index contributed by atoms with van der Waals surface area (Å²) >= 11 is 7.40. The summed E-state index contributed by atoms with van der Waals surface area (Å²) in [7, 11) is 0. The maximum atomic E-state index is 12.6. The SMILES string of the molecule is CCCn1c(S[C@H](C)C(=O)Nc2cccnc2Cl)nnc1-c1cccc(C)c1. The molecule has 28 heavy (non-hydrogen) atoms. The Bertz CT molecular complexity index is 975. The van der Waals surface area contributed by atoms with E-state index >= 15 is 0 Å². The third-order valence-corrected chi connectivity index (χ3v) is 5.49. The number of carbonyl (C=O) groups excluding carboxylic acids is 1. The van der Waals surface area contributed by atoms with E-state index in [2.05, 4.69) is 51.0 Å². The van der Waals surface area contributed by atoms with E-state index in [1.54, 1.807) is 18.3 Å². The summed E-state index contributed by atoms with van der Waals surface area (Å²) in [6.07, 6.45) is 2.52. The summed E-state index contributed by atoms with van der Waals surface area (Å²) in [6, 6.07) is 11.6. The Morgan fingerprint density at radius 2 is 2.11 bits per heavy atom. The van der Waals surface area contributed by atoms with E-state index in [-0.39, 0.29) is 16.3 Å². The number of benzene rings is 1. The molecule has 1 amide bonds. The van der Waals surface area contributed by atoms with Gasteiger partial charge in [-0.1, -0.05) is 54.0 Å². The van der Waals surface area contributed by atoms with Crippen LogP contribution in [0.2, 0.25) is 5.15 Å². The second-order valence-corrected chi connectivity index (χ2v) is 8.08. The molecule has 0 saturated carbocycles. The zero-order valence-electron chi connectivity index (χ0n) is 16.0. The fourth-order valence-electron chi connectivity index (χ4n) is 2.72. The van der Waals surface area contributed by atoms with E-state index in [4.69, 9.17) is 11.6 Å². The molecule has 0 fully saturated rings. The van der Waals surface area contributed by atoms with Crippen molar-refractivity contribution in [3.63, 3.8) is 0 Å². The van der Waals surface area contributed by atoms with Crippen LogP contribution >= 0.6 is 23.4 Å². The number of pyridine rings is 1. The molecule has 6 nitrogen and oxygen atoms in total. The molecule has 3 aromatic rings. The summed E-state index contributed by atoms with van der Waals surface area (Å²) in [6.45, 7) is 6.77. The Labute approximate surface area is 173 Å². The summed E-state index contributed by atoms with van der Waals surface area (Å²) < 4.78 is 2.07. The Hall–Kier alpha value is -2.38. The molecule has 0 aliphatic rings. The summed E-state index contributed by atoms with van der Waals surface area (Å²) in [5, 5.41) is 12.2. The molecule has 0 aliphatic carbocycles. The molecule has 0 saturated heterocycles. The van der Waals surface area contributed by atoms with Crippen LogP contribution in [-0.2, 0) is 11.3 Å². The molecule has 1 aromatic carbocycles. The van der Waals surface area contributed by atoms with Crippen LogP contribution in [0.4, 0.5) is 5.69 Å². The third kappa shape index (κ3) is 4.72. The Balaban J connectivity index is 1.79. The minimum atomic E-state index is -0.374. The van der Waals surface area contributed by atoms with Gasteiger partial charge in [-0.15, -0.1) is 10.2 Å². The fourth-order valence-corrected chi connectivity index (χ4v) is 3.77. The summed E-state index contributed by atoms with van der Waals surface area (Å²) in [4.78, 5) is 16.6. The van der Waals surface area contributed by atoms with Crippen molar-refractivity contribution in [2.45, 2.75) is 44.1 Å². The molecule has 0 unspecified atom stereocenters. The van der Waals surface area contributed by atoms with Gasteiger partial charge in [-0.05, 0) is 38.5 Å². The van der Waals surface area contributed by atoms with E-state index in [0.717, 1.165) is 29.5 Å². The molecule has 8 heteroatoms. The zero-order chi connectivity index (χ0) is 20.1. The molecule has 146 valence electrons. The first-order valence-corrected chi connectivity index (χ1v) is 10.3. The van der Waals surface area contributed by atoms with Crippen molar-refractivity contribution in [1.29, 1.82) is 0 Å². The van der Waals surface area contributed by atoms with Crippen molar-refractivity contribution in [3.8, 4) is 11.4 Å². The van der Waals surface area contributed by atoms with E-state index in [1.807, 2.05) is 19.1 Å². The predicted molar refractivity (Wildman–Crippen MR) is 114 cm³/mol. The molecule has 3 rings (SSSR count). The maximum absolute atomic E-state index is 12.6. The van der Waals surface area contributed by atoms with Gasteiger partial charge in [0.15, 0.2) is 16.1 Å². The highest BCUT2D eigenvalue weighted by Crippen LogP contribution is 2.28. The minimum absolute atomic E-state index is 0.164. The topological polar surface area (TPSA) is 72.7 Å². The van der Waals surface area contributed by atoms with Gasteiger partial charge >= 0.3 is 0 Å². The Morgan fingerprint density at radius 1 is 1.29 bits per heavy atom. The van der Waals surface area contributed by atoms with Crippen LogP contribution in [0.3, 0.4) is 0 Å². The van der Waals surface area contributed by atoms with Crippen molar-refractivity contribution in [3.05, 3.63) is 53.3 Å². The number of aromatic nitrogens is 4. The lowest BCUT2D eigenvalue weighted by Crippen LogP contribution is -2.23. The summed E-state index contributed by atoms with van der Waals surface area (Å²) in [5.41, 5.74) is 2.68. The molecule has 2 aromatic heterocycles. The highest BCUT2D eigenvalue weighted by atomic mass is 35.5. The number of amides is 1. The summed E-state index contributed by atoms with van der Waals surface area (Å²) in [5.74, 6) is 0.652. The second-order valence-electron chi connectivity index (χ2n) is 6.42. The minimum Gasteiger partial charge on any atom is -0.322 e. The lowest BCUT2D eigenvalue weighted by Gasteiger charge is -2.14. The van der Waals surface area contributed by atoms with Gasteiger partial charge in [0.05, 0.1) is 10.9 Å². The first-order chi connectivity index (χ1) is 13.5. The number of hydrogen-bond acceptors (Lipinski definition) is 5. The molecule has 0 spiro atoms. The molecular weight excluding hydrogens is 394 g/mol. The highest BCUT2D eigenvalue weighted by Gasteiger charge is 2.21. The Kier molecular flexibility index (Phi) is 6.70. The standard InChI is InChI=1S/C20H22ClN5OS/c1-4-11-26-18(15-8-5-7-13(2)12-15)24-25-20(26)28-14(3)19(27)23-16-9-6-10-22-17(16)21/h5-10,12,14H,4,11H2,1-3H3,(H,23,27)/t14-/m1/s1. The van der Waals surface area contributed by atoms with Gasteiger partial charge in [0.1, 0.15) is 0 Å². The monoisotopic (exact) mass is 415 g/mol. The Morgan fingerprint density at radius 3 is 2.82 bits per heavy atom. The van der Waals surface area contributed by atoms with Crippen LogP contribution in [0.5, 0.6) is 0 Å². The molecule has 0 aliphatic heterocycles. The lowest BCUT2D eigenvalue weighted by molar-refractivity contribution is -0.115. The predicted octanol–water partition coefficient (Wildman–Crippen LogP) is 4.83. The number of thioether (sulfide) groups is 1. The van der Waals surface area contributed by atoms with Crippen molar-refractivity contribution >= 4 is 35.0 Å². The normalized spacial score (nSPS) is 12.0. The zero-order valence-corrected chi connectivity index (χ0v) is 17.6. The van der Waals surface area contributed by atoms with E-state index in [1.165, 1.54) is 17.3 Å². The van der Waals surface area contributed by atoms with Gasteiger partial charge in [0, 0.05) is 18.3 Å². The number of halogens is 1.